The fourth-order valence-electron chi connectivity index (χ4n) is 2.70. The average Bonchev–Trinajstić information content (AvgIpc) is 2.61. The molecule has 0 aliphatic heterocycles. The molecule has 0 amide bonds. The molecule has 8 heteroatoms. The van der Waals surface area contributed by atoms with Gasteiger partial charge in [0.05, 0.1) is 11.1 Å². The summed E-state index contributed by atoms with van der Waals surface area (Å²) < 4.78 is 0. The topological polar surface area (TPSA) is 108 Å². The molecule has 0 atom stereocenters. The van der Waals surface area contributed by atoms with Gasteiger partial charge in [-0.25, -0.2) is 14.8 Å². The zero-order valence-corrected chi connectivity index (χ0v) is 13.9. The van der Waals surface area contributed by atoms with Gasteiger partial charge in [-0.2, -0.15) is 4.98 Å². The number of fused-ring (bicyclic) bond motifs is 3. The molecule has 2 aromatic heterocycles. The number of carboxylic acids is 1. The number of carboxylic acid groups (broad SMARTS) is 1. The molecule has 3 N–H and O–H groups in total. The van der Waals surface area contributed by atoms with Gasteiger partial charge in [0.25, 0.3) is 0 Å². The Morgan fingerprint density at radius 1 is 1.08 bits per heavy atom. The van der Waals surface area contributed by atoms with Crippen LogP contribution in [-0.2, 0) is 0 Å². The first-order chi connectivity index (χ1) is 12.5. The number of aromatic hydroxyl groups is 1. The molecule has 4 rings (SSSR count). The second-order valence-electron chi connectivity index (χ2n) is 5.57. The Morgan fingerprint density at radius 2 is 1.92 bits per heavy atom. The zero-order chi connectivity index (χ0) is 18.3. The summed E-state index contributed by atoms with van der Waals surface area (Å²) >= 11 is 6.01. The van der Waals surface area contributed by atoms with Gasteiger partial charge in [0.1, 0.15) is 5.52 Å². The predicted octanol–water partition coefficient (Wildman–Crippen LogP) is 3.98. The number of benzene rings is 2. The van der Waals surface area contributed by atoms with E-state index < -0.39 is 5.97 Å². The van der Waals surface area contributed by atoms with E-state index in [2.05, 4.69) is 20.3 Å². The van der Waals surface area contributed by atoms with Gasteiger partial charge in [-0.1, -0.05) is 23.7 Å². The van der Waals surface area contributed by atoms with Gasteiger partial charge in [-0.3, -0.25) is 0 Å². The Morgan fingerprint density at radius 3 is 2.69 bits per heavy atom. The van der Waals surface area contributed by atoms with E-state index in [9.17, 15) is 15.0 Å². The molecular weight excluding hydrogens is 356 g/mol. The van der Waals surface area contributed by atoms with Gasteiger partial charge in [-0.15, -0.1) is 0 Å². The van der Waals surface area contributed by atoms with E-state index in [1.165, 1.54) is 18.3 Å². The molecule has 0 aliphatic rings. The summed E-state index contributed by atoms with van der Waals surface area (Å²) in [4.78, 5) is 23.6. The van der Waals surface area contributed by atoms with Crippen molar-refractivity contribution in [1.29, 1.82) is 0 Å². The van der Waals surface area contributed by atoms with Crippen LogP contribution >= 0.6 is 11.6 Å². The van der Waals surface area contributed by atoms with Crippen LogP contribution in [0.4, 0.5) is 11.5 Å². The minimum absolute atomic E-state index is 0.123. The lowest BCUT2D eigenvalue weighted by Gasteiger charge is -2.11. The van der Waals surface area contributed by atoms with Crippen molar-refractivity contribution in [2.75, 3.05) is 5.32 Å². The number of anilines is 2. The summed E-state index contributed by atoms with van der Waals surface area (Å²) in [5.41, 5.74) is 1.68. The third-order valence-corrected chi connectivity index (χ3v) is 4.09. The average molecular weight is 367 g/mol. The highest BCUT2D eigenvalue weighted by atomic mass is 35.5. The van der Waals surface area contributed by atoms with E-state index in [0.717, 1.165) is 0 Å². The number of hydrogen-bond acceptors (Lipinski definition) is 6. The Hall–Kier alpha value is -3.45. The maximum absolute atomic E-state index is 11.3. The fraction of sp³-hybridized carbons (Fsp3) is 0. The molecule has 0 saturated carbocycles. The number of hydrogen-bond donors (Lipinski definition) is 3. The van der Waals surface area contributed by atoms with Crippen LogP contribution in [0.15, 0.2) is 48.7 Å². The molecule has 2 aromatic carbocycles. The van der Waals surface area contributed by atoms with Crippen LogP contribution in [0.3, 0.4) is 0 Å². The summed E-state index contributed by atoms with van der Waals surface area (Å²) in [5, 5.41) is 23.9. The van der Waals surface area contributed by atoms with Crippen molar-refractivity contribution in [3.8, 4) is 6.01 Å². The molecule has 0 fully saturated rings. The molecule has 0 bridgehead atoms. The number of nitrogens with zero attached hydrogens (tertiary/aromatic N) is 3. The molecule has 0 spiro atoms. The van der Waals surface area contributed by atoms with Crippen LogP contribution in [0.2, 0.25) is 5.02 Å². The summed E-state index contributed by atoms with van der Waals surface area (Å²) in [6.45, 7) is 0. The van der Waals surface area contributed by atoms with Crippen molar-refractivity contribution in [2.24, 2.45) is 0 Å². The van der Waals surface area contributed by atoms with Gasteiger partial charge in [0, 0.05) is 27.7 Å². The number of rotatable bonds is 3. The molecule has 0 unspecified atom stereocenters. The third kappa shape index (κ3) is 2.84. The number of halogens is 1. The van der Waals surface area contributed by atoms with Gasteiger partial charge in [0.15, 0.2) is 5.82 Å². The first-order valence-electron chi connectivity index (χ1n) is 7.56. The first-order valence-corrected chi connectivity index (χ1v) is 7.94. The zero-order valence-electron chi connectivity index (χ0n) is 13.1. The van der Waals surface area contributed by atoms with E-state index in [-0.39, 0.29) is 11.6 Å². The molecule has 26 heavy (non-hydrogen) atoms. The van der Waals surface area contributed by atoms with E-state index in [1.807, 2.05) is 0 Å². The minimum atomic E-state index is -1.04. The lowest BCUT2D eigenvalue weighted by Crippen LogP contribution is -2.00. The standard InChI is InChI=1S/C18H11ClN4O3/c19-10-2-1-3-11(7-10)21-16-15-13(8-20-18(26)23-15)12-5-4-9(17(24)25)6-14(12)22-16/h1-8H,(H,21,22)(H,24,25)(H,20,23,26). The lowest BCUT2D eigenvalue weighted by molar-refractivity contribution is 0.0697. The fourth-order valence-corrected chi connectivity index (χ4v) is 2.89. The SMILES string of the molecule is O=C(O)c1ccc2c(c1)nc(Nc1cccc(Cl)c1)c1nc(O)ncc12. The van der Waals surface area contributed by atoms with Gasteiger partial charge in [0.2, 0.25) is 0 Å². The highest BCUT2D eigenvalue weighted by Crippen LogP contribution is 2.31. The number of pyridine rings is 1. The number of nitrogens with one attached hydrogen (secondary N) is 1. The molecule has 0 radical (unpaired) electrons. The number of aromatic carboxylic acids is 1. The molecule has 4 aromatic rings. The quantitative estimate of drug-likeness (QED) is 0.470. The van der Waals surface area contributed by atoms with Crippen LogP contribution < -0.4 is 5.32 Å². The van der Waals surface area contributed by atoms with Crippen LogP contribution in [-0.4, -0.2) is 31.1 Å². The predicted molar refractivity (Wildman–Crippen MR) is 98.2 cm³/mol. The maximum atomic E-state index is 11.3. The van der Waals surface area contributed by atoms with Crippen LogP contribution in [0.25, 0.3) is 21.8 Å². The summed E-state index contributed by atoms with van der Waals surface area (Å²) in [5.74, 6) is -0.685. The number of aromatic nitrogens is 3. The number of carbonyl (C=O) groups is 1. The Balaban J connectivity index is 1.98. The van der Waals surface area contributed by atoms with E-state index in [0.29, 0.717) is 38.3 Å². The third-order valence-electron chi connectivity index (χ3n) is 3.85. The van der Waals surface area contributed by atoms with E-state index in [4.69, 9.17) is 11.6 Å². The maximum Gasteiger partial charge on any atom is 0.335 e. The molecule has 0 aliphatic carbocycles. The van der Waals surface area contributed by atoms with Crippen molar-refractivity contribution < 1.29 is 15.0 Å². The normalized spacial score (nSPS) is 11.0. The Kier molecular flexibility index (Phi) is 3.78. The van der Waals surface area contributed by atoms with Gasteiger partial charge >= 0.3 is 12.0 Å². The Bertz CT molecular complexity index is 1180. The van der Waals surface area contributed by atoms with Crippen molar-refractivity contribution in [1.82, 2.24) is 15.0 Å². The molecule has 128 valence electrons. The van der Waals surface area contributed by atoms with Crippen molar-refractivity contribution in [2.45, 2.75) is 0 Å². The van der Waals surface area contributed by atoms with Crippen LogP contribution in [0.1, 0.15) is 10.4 Å². The molecule has 0 saturated heterocycles. The largest absolute Gasteiger partial charge is 0.479 e. The monoisotopic (exact) mass is 366 g/mol. The lowest BCUT2D eigenvalue weighted by atomic mass is 10.1. The van der Waals surface area contributed by atoms with Gasteiger partial charge < -0.3 is 15.5 Å². The van der Waals surface area contributed by atoms with Crippen LogP contribution in [0, 0.1) is 0 Å². The van der Waals surface area contributed by atoms with Crippen LogP contribution in [0.5, 0.6) is 6.01 Å². The Labute approximate surface area is 151 Å². The molecule has 7 nitrogen and oxygen atoms in total. The van der Waals surface area contributed by atoms with Crippen molar-refractivity contribution >= 4 is 50.9 Å². The second kappa shape index (κ2) is 6.12. The summed E-state index contributed by atoms with van der Waals surface area (Å²) in [7, 11) is 0. The molecule has 2 heterocycles. The minimum Gasteiger partial charge on any atom is -0.479 e. The van der Waals surface area contributed by atoms with Crippen molar-refractivity contribution in [3.63, 3.8) is 0 Å². The van der Waals surface area contributed by atoms with Gasteiger partial charge in [-0.05, 0) is 30.3 Å². The van der Waals surface area contributed by atoms with E-state index >= 15 is 0 Å². The summed E-state index contributed by atoms with van der Waals surface area (Å²) in [6.07, 6.45) is 1.48. The highest BCUT2D eigenvalue weighted by molar-refractivity contribution is 6.30. The summed E-state index contributed by atoms with van der Waals surface area (Å²) in [6, 6.07) is 11.3. The second-order valence-corrected chi connectivity index (χ2v) is 6.00. The van der Waals surface area contributed by atoms with Crippen molar-refractivity contribution in [3.05, 3.63) is 59.2 Å². The highest BCUT2D eigenvalue weighted by Gasteiger charge is 2.14. The first kappa shape index (κ1) is 16.0. The smallest absolute Gasteiger partial charge is 0.335 e. The molecular formula is C18H11ClN4O3. The van der Waals surface area contributed by atoms with E-state index in [1.54, 1.807) is 30.3 Å².